The predicted octanol–water partition coefficient (Wildman–Crippen LogP) is 3.70. The lowest BCUT2D eigenvalue weighted by Crippen LogP contribution is -2.06. The van der Waals surface area contributed by atoms with Gasteiger partial charge in [-0.1, -0.05) is 13.8 Å². The average Bonchev–Trinajstić information content (AvgIpc) is 3.02. The Morgan fingerprint density at radius 3 is 2.62 bits per heavy atom. The number of carboxylic acid groups (broad SMARTS) is 1. The number of carbonyl (C=O) groups is 1. The van der Waals surface area contributed by atoms with Gasteiger partial charge in [-0.25, -0.2) is 24.7 Å². The van der Waals surface area contributed by atoms with Gasteiger partial charge in [0.2, 0.25) is 0 Å². The number of ether oxygens (including phenoxy) is 1. The summed E-state index contributed by atoms with van der Waals surface area (Å²) >= 11 is 1.10. The van der Waals surface area contributed by atoms with Crippen LogP contribution in [0.15, 0.2) is 31.0 Å². The number of hydrogen-bond donors (Lipinski definition) is 1. The van der Waals surface area contributed by atoms with Gasteiger partial charge in [0.05, 0.1) is 24.2 Å². The molecule has 0 bridgehead atoms. The number of aromatic carboxylic acids is 1. The zero-order chi connectivity index (χ0) is 18.7. The molecule has 0 saturated heterocycles. The normalized spacial score (nSPS) is 10.9. The first kappa shape index (κ1) is 17.9. The summed E-state index contributed by atoms with van der Waals surface area (Å²) in [6, 6.07) is 1.83. The van der Waals surface area contributed by atoms with Crippen molar-refractivity contribution < 1.29 is 14.6 Å². The van der Waals surface area contributed by atoms with Crippen LogP contribution in [0.5, 0.6) is 5.75 Å². The van der Waals surface area contributed by atoms with Crippen LogP contribution in [0.25, 0.3) is 21.8 Å². The van der Waals surface area contributed by atoms with Crippen molar-refractivity contribution in [3.8, 4) is 27.6 Å². The summed E-state index contributed by atoms with van der Waals surface area (Å²) in [4.78, 5) is 28.4. The monoisotopic (exact) mass is 370 g/mol. The molecule has 0 aromatic carbocycles. The number of thiazole rings is 1. The van der Waals surface area contributed by atoms with Crippen LogP contribution in [-0.2, 0) is 0 Å². The van der Waals surface area contributed by atoms with E-state index in [1.165, 1.54) is 6.33 Å². The third kappa shape index (κ3) is 3.85. The van der Waals surface area contributed by atoms with Gasteiger partial charge in [0, 0.05) is 23.5 Å². The fourth-order valence-electron chi connectivity index (χ4n) is 2.30. The van der Waals surface area contributed by atoms with Gasteiger partial charge in [0.25, 0.3) is 0 Å². The number of aryl methyl sites for hydroxylation is 1. The van der Waals surface area contributed by atoms with E-state index in [1.807, 2.05) is 6.07 Å². The fourth-order valence-corrected chi connectivity index (χ4v) is 3.17. The van der Waals surface area contributed by atoms with Crippen LogP contribution in [-0.4, -0.2) is 37.6 Å². The Morgan fingerprint density at radius 1 is 1.27 bits per heavy atom. The minimum absolute atomic E-state index is 0.214. The van der Waals surface area contributed by atoms with E-state index in [9.17, 15) is 9.90 Å². The zero-order valence-corrected chi connectivity index (χ0v) is 15.4. The molecule has 0 radical (unpaired) electrons. The lowest BCUT2D eigenvalue weighted by molar-refractivity contribution is 0.0701. The van der Waals surface area contributed by atoms with E-state index in [-0.39, 0.29) is 4.88 Å². The molecule has 0 spiro atoms. The van der Waals surface area contributed by atoms with E-state index in [0.717, 1.165) is 22.5 Å². The van der Waals surface area contributed by atoms with Crippen LogP contribution in [0.4, 0.5) is 0 Å². The summed E-state index contributed by atoms with van der Waals surface area (Å²) in [5, 5.41) is 9.79. The van der Waals surface area contributed by atoms with Gasteiger partial charge in [0.1, 0.15) is 22.0 Å². The highest BCUT2D eigenvalue weighted by Gasteiger charge is 2.18. The lowest BCUT2D eigenvalue weighted by atomic mass is 10.1. The Kier molecular flexibility index (Phi) is 5.22. The first-order chi connectivity index (χ1) is 12.5. The van der Waals surface area contributed by atoms with Crippen LogP contribution in [0.1, 0.15) is 29.2 Å². The van der Waals surface area contributed by atoms with E-state index >= 15 is 0 Å². The summed E-state index contributed by atoms with van der Waals surface area (Å²) in [5.74, 6) is 0.0121. The van der Waals surface area contributed by atoms with Crippen molar-refractivity contribution in [3.63, 3.8) is 0 Å². The minimum atomic E-state index is -0.986. The van der Waals surface area contributed by atoms with Crippen molar-refractivity contribution in [2.45, 2.75) is 20.8 Å². The molecule has 0 aliphatic rings. The molecular weight excluding hydrogens is 352 g/mol. The molecule has 7 nitrogen and oxygen atoms in total. The standard InChI is InChI=1S/C18H18N4O3S/c1-10(2)8-25-15-7-21-14(4-13(15)12-5-19-9-20-6-12)17-22-11(3)16(26-17)18(23)24/h4-7,9-10H,8H2,1-3H3,(H,23,24). The molecule has 0 aliphatic carbocycles. The molecule has 1 N–H and O–H groups in total. The highest BCUT2D eigenvalue weighted by Crippen LogP contribution is 2.34. The molecule has 134 valence electrons. The van der Waals surface area contributed by atoms with Crippen molar-refractivity contribution in [1.82, 2.24) is 19.9 Å². The van der Waals surface area contributed by atoms with Gasteiger partial charge in [-0.2, -0.15) is 0 Å². The second kappa shape index (κ2) is 7.57. The number of carboxylic acids is 1. The van der Waals surface area contributed by atoms with E-state index in [1.54, 1.807) is 25.5 Å². The second-order valence-electron chi connectivity index (χ2n) is 6.14. The summed E-state index contributed by atoms with van der Waals surface area (Å²) in [6.07, 6.45) is 6.50. The highest BCUT2D eigenvalue weighted by molar-refractivity contribution is 7.17. The molecule has 0 fully saturated rings. The summed E-state index contributed by atoms with van der Waals surface area (Å²) in [5.41, 5.74) is 2.65. The smallest absolute Gasteiger partial charge is 0.347 e. The van der Waals surface area contributed by atoms with Crippen molar-refractivity contribution >= 4 is 17.3 Å². The molecule has 0 saturated carbocycles. The molecule has 0 amide bonds. The van der Waals surface area contributed by atoms with Gasteiger partial charge in [-0.05, 0) is 18.9 Å². The summed E-state index contributed by atoms with van der Waals surface area (Å²) in [7, 11) is 0. The first-order valence-electron chi connectivity index (χ1n) is 8.05. The highest BCUT2D eigenvalue weighted by atomic mass is 32.1. The molecule has 0 atom stereocenters. The third-order valence-electron chi connectivity index (χ3n) is 3.52. The Hall–Kier alpha value is -2.87. The Labute approximate surface area is 154 Å². The maximum absolute atomic E-state index is 11.3. The number of nitrogens with zero attached hydrogens (tertiary/aromatic N) is 4. The molecule has 8 heteroatoms. The number of pyridine rings is 1. The molecule has 3 rings (SSSR count). The SMILES string of the molecule is Cc1nc(-c2cc(-c3cncnc3)c(OCC(C)C)cn2)sc1C(=O)O. The molecular formula is C18H18N4O3S. The van der Waals surface area contributed by atoms with Crippen LogP contribution in [0.2, 0.25) is 0 Å². The molecule has 26 heavy (non-hydrogen) atoms. The minimum Gasteiger partial charge on any atom is -0.491 e. The third-order valence-corrected chi connectivity index (χ3v) is 4.69. The van der Waals surface area contributed by atoms with Crippen molar-refractivity contribution in [2.75, 3.05) is 6.61 Å². The second-order valence-corrected chi connectivity index (χ2v) is 7.14. The predicted molar refractivity (Wildman–Crippen MR) is 98.4 cm³/mol. The molecule has 3 aromatic heterocycles. The van der Waals surface area contributed by atoms with Gasteiger partial charge in [-0.15, -0.1) is 11.3 Å². The Balaban J connectivity index is 2.06. The molecule has 0 aliphatic heterocycles. The maximum atomic E-state index is 11.3. The van der Waals surface area contributed by atoms with Crippen molar-refractivity contribution in [1.29, 1.82) is 0 Å². The Morgan fingerprint density at radius 2 is 2.00 bits per heavy atom. The number of aromatic nitrogens is 4. The van der Waals surface area contributed by atoms with Gasteiger partial charge in [0.15, 0.2) is 0 Å². The van der Waals surface area contributed by atoms with Crippen LogP contribution in [0.3, 0.4) is 0 Å². The topological polar surface area (TPSA) is 98.1 Å². The first-order valence-corrected chi connectivity index (χ1v) is 8.86. The van der Waals surface area contributed by atoms with Gasteiger partial charge >= 0.3 is 5.97 Å². The molecule has 0 unspecified atom stereocenters. The van der Waals surface area contributed by atoms with E-state index < -0.39 is 5.97 Å². The van der Waals surface area contributed by atoms with Crippen molar-refractivity contribution in [3.05, 3.63) is 41.6 Å². The van der Waals surface area contributed by atoms with Crippen LogP contribution in [0, 0.1) is 12.8 Å². The molecule has 3 aromatic rings. The molecule has 3 heterocycles. The number of hydrogen-bond acceptors (Lipinski definition) is 7. The average molecular weight is 370 g/mol. The van der Waals surface area contributed by atoms with Gasteiger partial charge < -0.3 is 9.84 Å². The quantitative estimate of drug-likeness (QED) is 0.706. The van der Waals surface area contributed by atoms with Crippen molar-refractivity contribution in [2.24, 2.45) is 5.92 Å². The van der Waals surface area contributed by atoms with Crippen LogP contribution < -0.4 is 4.74 Å². The fraction of sp³-hybridized carbons (Fsp3) is 0.278. The maximum Gasteiger partial charge on any atom is 0.347 e. The zero-order valence-electron chi connectivity index (χ0n) is 14.6. The summed E-state index contributed by atoms with van der Waals surface area (Å²) < 4.78 is 5.88. The Bertz CT molecular complexity index is 925. The lowest BCUT2D eigenvalue weighted by Gasteiger charge is -2.13. The van der Waals surface area contributed by atoms with E-state index in [0.29, 0.717) is 34.7 Å². The van der Waals surface area contributed by atoms with E-state index in [4.69, 9.17) is 4.74 Å². The largest absolute Gasteiger partial charge is 0.491 e. The number of rotatable bonds is 6. The summed E-state index contributed by atoms with van der Waals surface area (Å²) in [6.45, 7) is 6.37. The van der Waals surface area contributed by atoms with E-state index in [2.05, 4.69) is 33.8 Å². The van der Waals surface area contributed by atoms with Gasteiger partial charge in [-0.3, -0.25) is 0 Å². The van der Waals surface area contributed by atoms with Crippen LogP contribution >= 0.6 is 11.3 Å².